The zero-order valence-electron chi connectivity index (χ0n) is 16.1. The van der Waals surface area contributed by atoms with Crippen LogP contribution in [0.15, 0.2) is 60.0 Å². The van der Waals surface area contributed by atoms with Crippen molar-refractivity contribution in [3.05, 3.63) is 60.4 Å². The minimum absolute atomic E-state index is 0.174. The number of amides is 1. The SMILES string of the molecule is CSc1nccn1-c1cccc(C(=O)Nc2ccc3c(c2)OC2(CCCC2)O3)c1. The Balaban J connectivity index is 1.35. The summed E-state index contributed by atoms with van der Waals surface area (Å²) >= 11 is 1.56. The predicted molar refractivity (Wildman–Crippen MR) is 112 cm³/mol. The number of hydrogen-bond donors (Lipinski definition) is 1. The van der Waals surface area contributed by atoms with E-state index in [-0.39, 0.29) is 5.91 Å². The summed E-state index contributed by atoms with van der Waals surface area (Å²) in [5.74, 6) is 0.768. The van der Waals surface area contributed by atoms with Gasteiger partial charge in [0.25, 0.3) is 11.7 Å². The van der Waals surface area contributed by atoms with Crippen LogP contribution in [0.2, 0.25) is 0 Å². The molecule has 0 atom stereocenters. The minimum Gasteiger partial charge on any atom is -0.448 e. The second kappa shape index (κ2) is 7.15. The lowest BCUT2D eigenvalue weighted by molar-refractivity contribution is -0.0716. The van der Waals surface area contributed by atoms with Gasteiger partial charge in [0, 0.05) is 48.2 Å². The van der Waals surface area contributed by atoms with Crippen molar-refractivity contribution >= 4 is 23.4 Å². The molecule has 3 aromatic rings. The number of anilines is 1. The van der Waals surface area contributed by atoms with Gasteiger partial charge in [0.2, 0.25) is 0 Å². The van der Waals surface area contributed by atoms with Crippen molar-refractivity contribution < 1.29 is 14.3 Å². The van der Waals surface area contributed by atoms with Crippen LogP contribution in [-0.2, 0) is 0 Å². The Hall–Kier alpha value is -2.93. The number of rotatable bonds is 4. The van der Waals surface area contributed by atoms with E-state index < -0.39 is 5.79 Å². The zero-order chi connectivity index (χ0) is 19.8. The topological polar surface area (TPSA) is 65.4 Å². The molecule has 0 unspecified atom stereocenters. The highest BCUT2D eigenvalue weighted by Gasteiger charge is 2.44. The maximum Gasteiger partial charge on any atom is 0.255 e. The number of nitrogens with one attached hydrogen (secondary N) is 1. The second-order valence-corrected chi connectivity index (χ2v) is 8.05. The summed E-state index contributed by atoms with van der Waals surface area (Å²) in [6.45, 7) is 0. The third-order valence-electron chi connectivity index (χ3n) is 5.33. The third kappa shape index (κ3) is 3.35. The van der Waals surface area contributed by atoms with Gasteiger partial charge in [-0.2, -0.15) is 0 Å². The van der Waals surface area contributed by atoms with Crippen LogP contribution in [0, 0.1) is 0 Å². The smallest absolute Gasteiger partial charge is 0.255 e. The van der Waals surface area contributed by atoms with Gasteiger partial charge in [-0.1, -0.05) is 17.8 Å². The van der Waals surface area contributed by atoms with Crippen molar-refractivity contribution in [3.63, 3.8) is 0 Å². The second-order valence-electron chi connectivity index (χ2n) is 7.27. The van der Waals surface area contributed by atoms with Crippen molar-refractivity contribution in [2.75, 3.05) is 11.6 Å². The highest BCUT2D eigenvalue weighted by atomic mass is 32.2. The van der Waals surface area contributed by atoms with Crippen molar-refractivity contribution in [1.82, 2.24) is 9.55 Å². The molecule has 0 saturated heterocycles. The third-order valence-corrected chi connectivity index (χ3v) is 6.00. The van der Waals surface area contributed by atoms with Gasteiger partial charge in [-0.25, -0.2) is 4.98 Å². The van der Waals surface area contributed by atoms with Gasteiger partial charge >= 0.3 is 0 Å². The average Bonchev–Trinajstić information content (AvgIpc) is 3.47. The van der Waals surface area contributed by atoms with Crippen LogP contribution in [0.25, 0.3) is 5.69 Å². The summed E-state index contributed by atoms with van der Waals surface area (Å²) in [5.41, 5.74) is 2.16. The molecule has 1 aliphatic heterocycles. The first-order valence-corrected chi connectivity index (χ1v) is 10.9. The minimum atomic E-state index is -0.501. The lowest BCUT2D eigenvalue weighted by atomic mass is 10.1. The van der Waals surface area contributed by atoms with E-state index in [2.05, 4.69) is 10.3 Å². The number of thioether (sulfide) groups is 1. The Morgan fingerprint density at radius 2 is 1.97 bits per heavy atom. The van der Waals surface area contributed by atoms with Gasteiger partial charge in [0.1, 0.15) is 0 Å². The lowest BCUT2D eigenvalue weighted by Gasteiger charge is -2.21. The molecular formula is C22H21N3O3S. The van der Waals surface area contributed by atoms with Crippen molar-refractivity contribution in [2.24, 2.45) is 0 Å². The van der Waals surface area contributed by atoms with E-state index in [0.717, 1.165) is 42.3 Å². The van der Waals surface area contributed by atoms with Crippen LogP contribution in [-0.4, -0.2) is 27.5 Å². The number of hydrogen-bond acceptors (Lipinski definition) is 5. The molecule has 6 nitrogen and oxygen atoms in total. The normalized spacial score (nSPS) is 16.3. The molecular weight excluding hydrogens is 386 g/mol. The Morgan fingerprint density at radius 3 is 2.79 bits per heavy atom. The first-order valence-electron chi connectivity index (χ1n) is 9.67. The van der Waals surface area contributed by atoms with Gasteiger partial charge in [-0.05, 0) is 49.4 Å². The molecule has 1 N–H and O–H groups in total. The number of imidazole rings is 1. The summed E-state index contributed by atoms with van der Waals surface area (Å²) in [6, 6.07) is 13.0. The number of carbonyl (C=O) groups is 1. The predicted octanol–water partition coefficient (Wildman–Crippen LogP) is 4.89. The average molecular weight is 407 g/mol. The van der Waals surface area contributed by atoms with E-state index in [4.69, 9.17) is 9.47 Å². The largest absolute Gasteiger partial charge is 0.448 e. The quantitative estimate of drug-likeness (QED) is 0.624. The van der Waals surface area contributed by atoms with Crippen LogP contribution in [0.5, 0.6) is 11.5 Å². The molecule has 0 bridgehead atoms. The lowest BCUT2D eigenvalue weighted by Crippen LogP contribution is -2.34. The van der Waals surface area contributed by atoms with Crippen molar-refractivity contribution in [1.29, 1.82) is 0 Å². The molecule has 29 heavy (non-hydrogen) atoms. The molecule has 1 aliphatic carbocycles. The number of nitrogens with zero attached hydrogens (tertiary/aromatic N) is 2. The molecule has 0 radical (unpaired) electrons. The van der Waals surface area contributed by atoms with E-state index in [0.29, 0.717) is 17.0 Å². The molecule has 1 saturated carbocycles. The fourth-order valence-corrected chi connectivity index (χ4v) is 4.46. The van der Waals surface area contributed by atoms with E-state index in [1.807, 2.05) is 53.4 Å². The fourth-order valence-electron chi connectivity index (χ4n) is 3.93. The molecule has 2 aromatic carbocycles. The van der Waals surface area contributed by atoms with Gasteiger partial charge < -0.3 is 14.8 Å². The standard InChI is InChI=1S/C22H21N3O3S/c1-29-21-23-11-12-25(21)17-6-4-5-15(13-17)20(26)24-16-7-8-18-19(14-16)28-22(27-18)9-2-3-10-22/h4-8,11-14H,2-3,9-10H2,1H3,(H,24,26). The summed E-state index contributed by atoms with van der Waals surface area (Å²) in [4.78, 5) is 17.1. The Bertz CT molecular complexity index is 1070. The van der Waals surface area contributed by atoms with Gasteiger partial charge in [0.15, 0.2) is 16.7 Å². The number of aromatic nitrogens is 2. The van der Waals surface area contributed by atoms with Crippen molar-refractivity contribution in [3.8, 4) is 17.2 Å². The van der Waals surface area contributed by atoms with Crippen LogP contribution in [0.1, 0.15) is 36.0 Å². The molecule has 5 rings (SSSR count). The fraction of sp³-hybridized carbons (Fsp3) is 0.273. The zero-order valence-corrected chi connectivity index (χ0v) is 16.9. The Kier molecular flexibility index (Phi) is 4.47. The first kappa shape index (κ1) is 18.1. The molecule has 2 heterocycles. The summed E-state index contributed by atoms with van der Waals surface area (Å²) in [6.07, 6.45) is 9.66. The monoisotopic (exact) mass is 407 g/mol. The number of fused-ring (bicyclic) bond motifs is 1. The Labute approximate surface area is 173 Å². The van der Waals surface area contributed by atoms with E-state index >= 15 is 0 Å². The first-order chi connectivity index (χ1) is 14.2. The van der Waals surface area contributed by atoms with Crippen LogP contribution in [0.3, 0.4) is 0 Å². The summed E-state index contributed by atoms with van der Waals surface area (Å²) in [5, 5.41) is 3.84. The van der Waals surface area contributed by atoms with E-state index in [1.165, 1.54) is 0 Å². The molecule has 1 amide bonds. The van der Waals surface area contributed by atoms with Crippen molar-refractivity contribution in [2.45, 2.75) is 36.6 Å². The highest BCUT2D eigenvalue weighted by Crippen LogP contribution is 2.47. The molecule has 7 heteroatoms. The Morgan fingerprint density at radius 1 is 1.14 bits per heavy atom. The molecule has 1 fully saturated rings. The molecule has 1 aromatic heterocycles. The van der Waals surface area contributed by atoms with Gasteiger partial charge in [0.05, 0.1) is 0 Å². The van der Waals surface area contributed by atoms with Gasteiger partial charge in [-0.3, -0.25) is 9.36 Å². The van der Waals surface area contributed by atoms with Crippen LogP contribution in [0.4, 0.5) is 5.69 Å². The number of benzene rings is 2. The maximum atomic E-state index is 12.8. The van der Waals surface area contributed by atoms with Gasteiger partial charge in [-0.15, -0.1) is 0 Å². The molecule has 1 spiro atoms. The highest BCUT2D eigenvalue weighted by molar-refractivity contribution is 7.98. The van der Waals surface area contributed by atoms with E-state index in [1.54, 1.807) is 24.0 Å². The van der Waals surface area contributed by atoms with E-state index in [9.17, 15) is 4.79 Å². The summed E-state index contributed by atoms with van der Waals surface area (Å²) in [7, 11) is 0. The molecule has 2 aliphatic rings. The van der Waals surface area contributed by atoms with Crippen LogP contribution < -0.4 is 14.8 Å². The maximum absolute atomic E-state index is 12.8. The van der Waals surface area contributed by atoms with Crippen LogP contribution >= 0.6 is 11.8 Å². The summed E-state index contributed by atoms with van der Waals surface area (Å²) < 4.78 is 14.1. The molecule has 148 valence electrons. The number of carbonyl (C=O) groups excluding carboxylic acids is 1. The number of ether oxygens (including phenoxy) is 2.